The Labute approximate surface area is 131 Å². The van der Waals surface area contributed by atoms with E-state index in [0.29, 0.717) is 17.3 Å². The molecule has 7 nitrogen and oxygen atoms in total. The first-order valence-corrected chi connectivity index (χ1v) is 6.97. The molecule has 116 valence electrons. The molecular formula is C16H14N4O3. The monoisotopic (exact) mass is 310 g/mol. The lowest BCUT2D eigenvalue weighted by molar-refractivity contribution is -0.116. The van der Waals surface area contributed by atoms with E-state index >= 15 is 0 Å². The molecule has 0 spiro atoms. The number of benzene rings is 1. The molecule has 0 saturated carbocycles. The quantitative estimate of drug-likeness (QED) is 0.794. The van der Waals surface area contributed by atoms with E-state index in [0.717, 1.165) is 5.56 Å². The average molecular weight is 310 g/mol. The summed E-state index contributed by atoms with van der Waals surface area (Å²) in [6, 6.07) is 12.4. The number of hydrogen-bond acceptors (Lipinski definition) is 5. The van der Waals surface area contributed by atoms with Gasteiger partial charge in [-0.3, -0.25) is 14.2 Å². The smallest absolute Gasteiger partial charge is 0.254 e. The summed E-state index contributed by atoms with van der Waals surface area (Å²) in [7, 11) is 0. The zero-order valence-corrected chi connectivity index (χ0v) is 12.4. The predicted molar refractivity (Wildman–Crippen MR) is 83.8 cm³/mol. The molecule has 0 aliphatic heterocycles. The number of hydrogen-bond donors (Lipinski definition) is 1. The zero-order valence-electron chi connectivity index (χ0n) is 12.4. The molecule has 0 unspecified atom stereocenters. The molecule has 0 bridgehead atoms. The van der Waals surface area contributed by atoms with Gasteiger partial charge in [-0.05, 0) is 6.92 Å². The number of rotatable bonds is 4. The maximum Gasteiger partial charge on any atom is 0.254 e. The van der Waals surface area contributed by atoms with Crippen molar-refractivity contribution in [2.75, 3.05) is 5.32 Å². The second kappa shape index (κ2) is 6.27. The van der Waals surface area contributed by atoms with Crippen LogP contribution in [-0.4, -0.2) is 20.6 Å². The highest BCUT2D eigenvalue weighted by atomic mass is 16.5. The second-order valence-corrected chi connectivity index (χ2v) is 4.98. The van der Waals surface area contributed by atoms with Crippen molar-refractivity contribution in [2.45, 2.75) is 13.5 Å². The number of carbonyl (C=O) groups excluding carboxylic acids is 1. The fourth-order valence-corrected chi connectivity index (χ4v) is 2.07. The first kappa shape index (κ1) is 14.7. The maximum absolute atomic E-state index is 12.1. The van der Waals surface area contributed by atoms with Crippen molar-refractivity contribution in [1.29, 1.82) is 0 Å². The van der Waals surface area contributed by atoms with Crippen LogP contribution in [0.1, 0.15) is 5.76 Å². The van der Waals surface area contributed by atoms with E-state index in [9.17, 15) is 9.59 Å². The third-order valence-corrected chi connectivity index (χ3v) is 3.16. The number of amides is 1. The molecule has 23 heavy (non-hydrogen) atoms. The normalized spacial score (nSPS) is 10.5. The Balaban J connectivity index is 1.74. The SMILES string of the molecule is Cc1cc(NC(=O)Cn2cnc(-c3ccccc3)cc2=O)no1. The summed E-state index contributed by atoms with van der Waals surface area (Å²) in [6.45, 7) is 1.58. The number of aryl methyl sites for hydroxylation is 1. The summed E-state index contributed by atoms with van der Waals surface area (Å²) in [6.07, 6.45) is 1.36. The first-order chi connectivity index (χ1) is 11.1. The van der Waals surface area contributed by atoms with Crippen LogP contribution in [0.15, 0.2) is 58.1 Å². The molecule has 0 atom stereocenters. The molecule has 0 radical (unpaired) electrons. The first-order valence-electron chi connectivity index (χ1n) is 6.97. The lowest BCUT2D eigenvalue weighted by Crippen LogP contribution is -2.27. The number of anilines is 1. The standard InChI is InChI=1S/C16H14N4O3/c1-11-7-14(19-23-11)18-15(21)9-20-10-17-13(8-16(20)22)12-5-3-2-4-6-12/h2-8,10H,9H2,1H3,(H,18,19,21). The van der Waals surface area contributed by atoms with Gasteiger partial charge in [-0.15, -0.1) is 0 Å². The van der Waals surface area contributed by atoms with Crippen molar-refractivity contribution in [2.24, 2.45) is 0 Å². The van der Waals surface area contributed by atoms with E-state index in [1.54, 1.807) is 13.0 Å². The van der Waals surface area contributed by atoms with Gasteiger partial charge in [0, 0.05) is 17.7 Å². The van der Waals surface area contributed by atoms with Crippen molar-refractivity contribution < 1.29 is 9.32 Å². The number of nitrogens with zero attached hydrogens (tertiary/aromatic N) is 3. The zero-order chi connectivity index (χ0) is 16.2. The van der Waals surface area contributed by atoms with Gasteiger partial charge in [0.25, 0.3) is 5.56 Å². The Morgan fingerprint density at radius 2 is 2.04 bits per heavy atom. The van der Waals surface area contributed by atoms with Crippen LogP contribution in [0.5, 0.6) is 0 Å². The van der Waals surface area contributed by atoms with Crippen molar-refractivity contribution in [3.63, 3.8) is 0 Å². The number of aromatic nitrogens is 3. The molecule has 3 aromatic rings. The minimum Gasteiger partial charge on any atom is -0.360 e. The summed E-state index contributed by atoms with van der Waals surface area (Å²) in [4.78, 5) is 28.3. The van der Waals surface area contributed by atoms with Crippen molar-refractivity contribution >= 4 is 11.7 Å². The predicted octanol–water partition coefficient (Wildman–Crippen LogP) is 1.85. The Hall–Kier alpha value is -3.22. The van der Waals surface area contributed by atoms with Gasteiger partial charge in [0.05, 0.1) is 12.0 Å². The highest BCUT2D eigenvalue weighted by Crippen LogP contribution is 2.13. The van der Waals surface area contributed by atoms with Crippen molar-refractivity contribution in [1.82, 2.24) is 14.7 Å². The Morgan fingerprint density at radius 1 is 1.26 bits per heavy atom. The van der Waals surface area contributed by atoms with Crippen molar-refractivity contribution in [3.8, 4) is 11.3 Å². The third kappa shape index (κ3) is 3.52. The minimum absolute atomic E-state index is 0.146. The third-order valence-electron chi connectivity index (χ3n) is 3.16. The summed E-state index contributed by atoms with van der Waals surface area (Å²) >= 11 is 0. The molecule has 0 aliphatic rings. The van der Waals surface area contributed by atoms with Gasteiger partial charge in [0.2, 0.25) is 5.91 Å². The number of carbonyl (C=O) groups is 1. The fraction of sp³-hybridized carbons (Fsp3) is 0.125. The van der Waals surface area contributed by atoms with Crippen LogP contribution in [0.25, 0.3) is 11.3 Å². The molecule has 1 N–H and O–H groups in total. The van der Waals surface area contributed by atoms with E-state index in [4.69, 9.17) is 4.52 Å². The van der Waals surface area contributed by atoms with Gasteiger partial charge in [-0.1, -0.05) is 35.5 Å². The molecule has 7 heteroatoms. The summed E-state index contributed by atoms with van der Waals surface area (Å²) in [5, 5.41) is 6.22. The topological polar surface area (TPSA) is 90.0 Å². The Bertz CT molecular complexity index is 884. The van der Waals surface area contributed by atoms with Gasteiger partial charge in [-0.2, -0.15) is 0 Å². The summed E-state index contributed by atoms with van der Waals surface area (Å²) < 4.78 is 6.09. The van der Waals surface area contributed by atoms with Crippen molar-refractivity contribution in [3.05, 3.63) is 64.9 Å². The molecule has 1 amide bonds. The van der Waals surface area contributed by atoms with Gasteiger partial charge in [0.15, 0.2) is 5.82 Å². The highest BCUT2D eigenvalue weighted by Gasteiger charge is 2.09. The fourth-order valence-electron chi connectivity index (χ4n) is 2.07. The Morgan fingerprint density at radius 3 is 2.70 bits per heavy atom. The van der Waals surface area contributed by atoms with E-state index in [1.807, 2.05) is 30.3 Å². The van der Waals surface area contributed by atoms with Gasteiger partial charge >= 0.3 is 0 Å². The molecule has 2 aromatic heterocycles. The van der Waals surface area contributed by atoms with Crippen LogP contribution in [0.3, 0.4) is 0 Å². The molecular weight excluding hydrogens is 296 g/mol. The summed E-state index contributed by atoms with van der Waals surface area (Å²) in [5.74, 6) is 0.524. The second-order valence-electron chi connectivity index (χ2n) is 4.98. The van der Waals surface area contributed by atoms with Gasteiger partial charge < -0.3 is 9.84 Å². The molecule has 0 fully saturated rings. The van der Waals surface area contributed by atoms with Crippen LogP contribution < -0.4 is 10.9 Å². The largest absolute Gasteiger partial charge is 0.360 e. The van der Waals surface area contributed by atoms with Crippen LogP contribution in [0, 0.1) is 6.92 Å². The van der Waals surface area contributed by atoms with Crippen LogP contribution in [0.4, 0.5) is 5.82 Å². The maximum atomic E-state index is 12.1. The number of nitrogens with one attached hydrogen (secondary N) is 1. The Kier molecular flexibility index (Phi) is 4.01. The minimum atomic E-state index is -0.380. The van der Waals surface area contributed by atoms with Crippen LogP contribution in [-0.2, 0) is 11.3 Å². The van der Waals surface area contributed by atoms with Gasteiger partial charge in [-0.25, -0.2) is 4.98 Å². The van der Waals surface area contributed by atoms with Gasteiger partial charge in [0.1, 0.15) is 12.3 Å². The van der Waals surface area contributed by atoms with Crippen LogP contribution in [0.2, 0.25) is 0 Å². The lowest BCUT2D eigenvalue weighted by atomic mass is 10.1. The molecule has 2 heterocycles. The highest BCUT2D eigenvalue weighted by molar-refractivity contribution is 5.89. The van der Waals surface area contributed by atoms with E-state index < -0.39 is 0 Å². The van der Waals surface area contributed by atoms with E-state index in [2.05, 4.69) is 15.5 Å². The van der Waals surface area contributed by atoms with E-state index in [-0.39, 0.29) is 18.0 Å². The lowest BCUT2D eigenvalue weighted by Gasteiger charge is -2.06. The molecule has 0 saturated heterocycles. The molecule has 1 aromatic carbocycles. The molecule has 3 rings (SSSR count). The van der Waals surface area contributed by atoms with Crippen LogP contribution >= 0.6 is 0 Å². The molecule has 0 aliphatic carbocycles. The van der Waals surface area contributed by atoms with E-state index in [1.165, 1.54) is 17.0 Å². The average Bonchev–Trinajstić information content (AvgIpc) is 2.95. The summed E-state index contributed by atoms with van der Waals surface area (Å²) in [5.41, 5.74) is 1.11.